The van der Waals surface area contributed by atoms with Gasteiger partial charge in [-0.05, 0) is 95.1 Å². The summed E-state index contributed by atoms with van der Waals surface area (Å²) < 4.78 is 45.2. The molecule has 7 aliphatic rings. The topological polar surface area (TPSA) is 183 Å². The van der Waals surface area contributed by atoms with Crippen molar-refractivity contribution in [3.63, 3.8) is 0 Å². The van der Waals surface area contributed by atoms with E-state index >= 15 is 0 Å². The molecule has 5 N–H and O–H groups in total. The highest BCUT2D eigenvalue weighted by Gasteiger charge is 2.55. The minimum Gasteiger partial charge on any atom is -0.479 e. The van der Waals surface area contributed by atoms with E-state index < -0.39 is 71.7 Å². The van der Waals surface area contributed by atoms with Crippen LogP contribution in [0.3, 0.4) is 0 Å². The number of hydrogen-bond acceptors (Lipinski definition) is 12. The smallest absolute Gasteiger partial charge is 0.335 e. The Morgan fingerprint density at radius 3 is 2.49 bits per heavy atom. The van der Waals surface area contributed by atoms with Crippen LogP contribution in [0.4, 0.5) is 0 Å². The molecular formula is C44H68O13. The molecule has 0 saturated carbocycles. The van der Waals surface area contributed by atoms with E-state index in [2.05, 4.69) is 26.5 Å². The Balaban J connectivity index is 0.920. The zero-order chi connectivity index (χ0) is 40.9. The predicted molar refractivity (Wildman–Crippen MR) is 208 cm³/mol. The molecule has 7 heterocycles. The summed E-state index contributed by atoms with van der Waals surface area (Å²) in [6.45, 7) is 14.5. The van der Waals surface area contributed by atoms with Gasteiger partial charge in [-0.1, -0.05) is 45.1 Å². The van der Waals surface area contributed by atoms with E-state index in [0.717, 1.165) is 50.7 Å². The molecule has 0 aromatic carbocycles. The molecule has 0 aromatic heterocycles. The Bertz CT molecular complexity index is 1510. The lowest BCUT2D eigenvalue weighted by Crippen LogP contribution is -2.60. The summed E-state index contributed by atoms with van der Waals surface area (Å²) in [6, 6.07) is 0. The van der Waals surface area contributed by atoms with Crippen LogP contribution in [0.25, 0.3) is 0 Å². The van der Waals surface area contributed by atoms with Gasteiger partial charge in [-0.2, -0.15) is 0 Å². The summed E-state index contributed by atoms with van der Waals surface area (Å²) >= 11 is 0. The van der Waals surface area contributed by atoms with Gasteiger partial charge in [0.05, 0.1) is 43.2 Å². The molecule has 0 bridgehead atoms. The van der Waals surface area contributed by atoms with E-state index in [-0.39, 0.29) is 36.6 Å². The van der Waals surface area contributed by atoms with Crippen LogP contribution in [0, 0.1) is 17.8 Å². The zero-order valence-electron chi connectivity index (χ0n) is 34.6. The lowest BCUT2D eigenvalue weighted by atomic mass is 9.79. The van der Waals surface area contributed by atoms with Crippen molar-refractivity contribution in [1.29, 1.82) is 0 Å². The highest BCUT2D eigenvalue weighted by molar-refractivity contribution is 5.76. The van der Waals surface area contributed by atoms with E-state index in [0.29, 0.717) is 56.4 Å². The van der Waals surface area contributed by atoms with Crippen LogP contribution in [0.2, 0.25) is 0 Å². The number of fused-ring (bicyclic) bond motifs is 1. The number of aliphatic hydroxyl groups is 4. The molecule has 7 aliphatic heterocycles. The predicted octanol–water partition coefficient (Wildman–Crippen LogP) is 5.21. The van der Waals surface area contributed by atoms with Crippen molar-refractivity contribution >= 4 is 5.97 Å². The normalized spacial score (nSPS) is 45.4. The fourth-order valence-corrected chi connectivity index (χ4v) is 10.5. The molecule has 57 heavy (non-hydrogen) atoms. The van der Waals surface area contributed by atoms with Crippen molar-refractivity contribution in [1.82, 2.24) is 0 Å². The number of hydrogen-bond donors (Lipinski definition) is 5. The van der Waals surface area contributed by atoms with Gasteiger partial charge in [-0.3, -0.25) is 0 Å². The van der Waals surface area contributed by atoms with Gasteiger partial charge in [0.15, 0.2) is 17.2 Å². The van der Waals surface area contributed by atoms with Gasteiger partial charge in [0.1, 0.15) is 24.4 Å². The van der Waals surface area contributed by atoms with E-state index in [1.165, 1.54) is 6.92 Å². The first-order chi connectivity index (χ1) is 26.9. The Morgan fingerprint density at radius 2 is 1.75 bits per heavy atom. The average Bonchev–Trinajstić information content (AvgIpc) is 3.56. The fraction of sp³-hybridized carbons (Fsp3) is 0.841. The third kappa shape index (κ3) is 9.15. The molecule has 0 radical (unpaired) electrons. The van der Waals surface area contributed by atoms with Crippen molar-refractivity contribution in [3.05, 3.63) is 36.0 Å². The number of carbonyl (C=O) groups is 1. The van der Waals surface area contributed by atoms with Crippen molar-refractivity contribution < 1.29 is 63.5 Å². The van der Waals surface area contributed by atoms with Crippen LogP contribution in [-0.4, -0.2) is 122 Å². The van der Waals surface area contributed by atoms with Crippen molar-refractivity contribution in [2.75, 3.05) is 6.61 Å². The van der Waals surface area contributed by atoms with Gasteiger partial charge in [0.2, 0.25) is 5.79 Å². The first-order valence-electron chi connectivity index (χ1n) is 21.7. The van der Waals surface area contributed by atoms with E-state index in [4.69, 9.17) is 33.2 Å². The van der Waals surface area contributed by atoms with Crippen LogP contribution in [0.1, 0.15) is 125 Å². The number of rotatable bonds is 10. The van der Waals surface area contributed by atoms with Crippen LogP contribution in [0.5, 0.6) is 0 Å². The molecular weight excluding hydrogens is 736 g/mol. The molecule has 6 fully saturated rings. The zero-order valence-corrected chi connectivity index (χ0v) is 34.6. The van der Waals surface area contributed by atoms with Crippen LogP contribution >= 0.6 is 0 Å². The Hall–Kier alpha value is -1.75. The highest BCUT2D eigenvalue weighted by Crippen LogP contribution is 2.47. The molecule has 1 unspecified atom stereocenters. The van der Waals surface area contributed by atoms with Crippen LogP contribution in [0.15, 0.2) is 36.0 Å². The number of aliphatic carboxylic acids is 1. The molecule has 13 nitrogen and oxygen atoms in total. The summed E-state index contributed by atoms with van der Waals surface area (Å²) in [5, 5.41) is 54.0. The molecule has 0 aromatic rings. The fourth-order valence-electron chi connectivity index (χ4n) is 10.5. The number of aliphatic hydroxyl groups excluding tert-OH is 3. The second-order valence-electron chi connectivity index (χ2n) is 18.9. The van der Waals surface area contributed by atoms with E-state index in [1.807, 2.05) is 19.9 Å². The Labute approximate surface area is 337 Å². The van der Waals surface area contributed by atoms with Crippen LogP contribution < -0.4 is 0 Å². The maximum absolute atomic E-state index is 11.6. The summed E-state index contributed by atoms with van der Waals surface area (Å²) in [7, 11) is 0. The lowest BCUT2D eigenvalue weighted by molar-refractivity contribution is -0.321. The average molecular weight is 805 g/mol. The van der Waals surface area contributed by atoms with Gasteiger partial charge >= 0.3 is 5.97 Å². The molecule has 7 rings (SSSR count). The maximum atomic E-state index is 11.6. The molecule has 6 saturated heterocycles. The first kappa shape index (κ1) is 43.3. The summed E-state index contributed by atoms with van der Waals surface area (Å²) in [6.07, 6.45) is 9.37. The van der Waals surface area contributed by atoms with Gasteiger partial charge in [-0.15, -0.1) is 0 Å². The van der Waals surface area contributed by atoms with E-state index in [1.54, 1.807) is 6.08 Å². The van der Waals surface area contributed by atoms with E-state index in [9.17, 15) is 30.3 Å². The quantitative estimate of drug-likeness (QED) is 0.182. The minimum atomic E-state index is -1.96. The molecule has 3 spiro atoms. The highest BCUT2D eigenvalue weighted by atomic mass is 16.7. The van der Waals surface area contributed by atoms with Gasteiger partial charge in [0.25, 0.3) is 0 Å². The van der Waals surface area contributed by atoms with Crippen LogP contribution in [-0.2, 0) is 38.0 Å². The second kappa shape index (κ2) is 17.0. The Kier molecular flexibility index (Phi) is 12.9. The standard InChI is InChI=1S/C44H68O13/c1-25-21-34(55-44(23-25)35(46)12-11-31(54-44)24-41(6,50)40(48)49)26(2)9-10-30-14-18-43(53-30)19-15-33-39(57-43)36(47)29(5)38(52-33)32(45)22-28(4)37-27(3)13-17-42(56-37)16-7-8-20-51-42/h9-10,23,26-28,30-39,45-47,50H,5,7-8,11-22,24H2,1-4,6H3,(H,48,49)/t26-,27-,28+,30+,31+,32+,33-,34+,35-,36-,37+,38+,39-,41-,42?,43-,44-/m1/s1. The largest absolute Gasteiger partial charge is 0.479 e. The number of carboxylic acids is 1. The second-order valence-corrected chi connectivity index (χ2v) is 18.9. The summed E-state index contributed by atoms with van der Waals surface area (Å²) in [5.74, 6) is -3.82. The number of carboxylic acid groups (broad SMARTS) is 1. The first-order valence-corrected chi connectivity index (χ1v) is 21.7. The van der Waals surface area contributed by atoms with Crippen molar-refractivity contribution in [3.8, 4) is 0 Å². The number of ether oxygens (including phenoxy) is 7. The van der Waals surface area contributed by atoms with Gasteiger partial charge < -0.3 is 58.7 Å². The maximum Gasteiger partial charge on any atom is 0.335 e. The summed E-state index contributed by atoms with van der Waals surface area (Å²) in [4.78, 5) is 11.6. The van der Waals surface area contributed by atoms with Crippen molar-refractivity contribution in [2.45, 2.75) is 209 Å². The minimum absolute atomic E-state index is 0.0423. The Morgan fingerprint density at radius 1 is 1.00 bits per heavy atom. The van der Waals surface area contributed by atoms with Gasteiger partial charge in [0, 0.05) is 38.0 Å². The summed E-state index contributed by atoms with van der Waals surface area (Å²) in [5.41, 5.74) is -0.551. The molecule has 13 heteroatoms. The molecule has 0 aliphatic carbocycles. The van der Waals surface area contributed by atoms with Gasteiger partial charge in [-0.25, -0.2) is 4.79 Å². The molecule has 0 amide bonds. The third-order valence-electron chi connectivity index (χ3n) is 14.0. The lowest BCUT2D eigenvalue weighted by Gasteiger charge is -2.50. The molecule has 322 valence electrons. The monoisotopic (exact) mass is 804 g/mol. The molecule has 17 atom stereocenters. The SMILES string of the molecule is C=C1[C@@H](O)[C@@H]2O[C@]3(CC[C@H](C=C[C@@H](C)[C@@H]4CC(C)=C[C@@]5(O[C@H](C[C@@](C)(O)C(=O)O)CC[C@H]5O)O4)O3)CC[C@H]2O[C@@H]1[C@@H](O)C[C@H](C)[C@H]1OC2(CCCCO2)CC[C@H]1C. The third-order valence-corrected chi connectivity index (χ3v) is 14.0. The van der Waals surface area contributed by atoms with Crippen molar-refractivity contribution in [2.24, 2.45) is 17.8 Å².